The number of hydrogen-bond acceptors (Lipinski definition) is 5. The summed E-state index contributed by atoms with van der Waals surface area (Å²) in [6.07, 6.45) is 64.8. The fourth-order valence-corrected chi connectivity index (χ4v) is 7.42. The summed E-state index contributed by atoms with van der Waals surface area (Å²) >= 11 is 0. The number of unbranched alkanes of at least 4 members (excludes halogenated alkanes) is 34. The Morgan fingerprint density at radius 2 is 0.609 bits per heavy atom. The Morgan fingerprint density at radius 1 is 0.375 bits per heavy atom. The average Bonchev–Trinajstić information content (AvgIpc) is 3.28. The molecule has 0 aliphatic rings. The van der Waals surface area contributed by atoms with Crippen molar-refractivity contribution in [3.05, 3.63) is 36.5 Å². The SMILES string of the molecule is CCCCCCCC/C=C\CCCCCCCC(=O)O.CCCCCCCC/C=C\CCCCCCCC(=O)O.CCCCCCCC/C=C\CCCCCCCCOCC(O)CO. The summed E-state index contributed by atoms with van der Waals surface area (Å²) in [5, 5.41) is 34.8. The molecular formula is C57H110O7. The second-order valence-corrected chi connectivity index (χ2v) is 18.3. The van der Waals surface area contributed by atoms with Crippen LogP contribution in [0.25, 0.3) is 0 Å². The van der Waals surface area contributed by atoms with Crippen molar-refractivity contribution in [1.82, 2.24) is 0 Å². The molecule has 380 valence electrons. The number of allylic oxidation sites excluding steroid dienone is 6. The molecule has 0 heterocycles. The van der Waals surface area contributed by atoms with E-state index in [1.165, 1.54) is 225 Å². The average molecular weight is 907 g/mol. The van der Waals surface area contributed by atoms with E-state index in [1.54, 1.807) is 0 Å². The van der Waals surface area contributed by atoms with Crippen molar-refractivity contribution in [1.29, 1.82) is 0 Å². The van der Waals surface area contributed by atoms with Crippen LogP contribution >= 0.6 is 0 Å². The molecule has 1 atom stereocenters. The van der Waals surface area contributed by atoms with E-state index in [2.05, 4.69) is 57.2 Å². The summed E-state index contributed by atoms with van der Waals surface area (Å²) in [6.45, 7) is 7.52. The first-order chi connectivity index (χ1) is 31.3. The summed E-state index contributed by atoms with van der Waals surface area (Å²) in [6, 6.07) is 0. The van der Waals surface area contributed by atoms with Crippen molar-refractivity contribution in [2.45, 2.75) is 297 Å². The zero-order valence-electron chi connectivity index (χ0n) is 42.9. The van der Waals surface area contributed by atoms with Crippen molar-refractivity contribution in [3.63, 3.8) is 0 Å². The zero-order valence-corrected chi connectivity index (χ0v) is 42.9. The first-order valence-corrected chi connectivity index (χ1v) is 27.6. The van der Waals surface area contributed by atoms with Gasteiger partial charge < -0.3 is 25.2 Å². The fraction of sp³-hybridized carbons (Fsp3) is 0.860. The lowest BCUT2D eigenvalue weighted by Crippen LogP contribution is -2.19. The quantitative estimate of drug-likeness (QED) is 0.0354. The maximum atomic E-state index is 10.3. The van der Waals surface area contributed by atoms with Gasteiger partial charge in [-0.1, -0.05) is 218 Å². The Kier molecular flexibility index (Phi) is 65.4. The van der Waals surface area contributed by atoms with Gasteiger partial charge in [-0.15, -0.1) is 0 Å². The summed E-state index contributed by atoms with van der Waals surface area (Å²) in [5.74, 6) is -1.33. The fourth-order valence-electron chi connectivity index (χ4n) is 7.42. The molecule has 64 heavy (non-hydrogen) atoms. The van der Waals surface area contributed by atoms with Gasteiger partial charge in [0.05, 0.1) is 13.2 Å². The van der Waals surface area contributed by atoms with Crippen LogP contribution in [-0.2, 0) is 14.3 Å². The zero-order chi connectivity index (χ0) is 47.5. The van der Waals surface area contributed by atoms with Gasteiger partial charge in [0.15, 0.2) is 0 Å². The number of aliphatic carboxylic acids is 2. The van der Waals surface area contributed by atoms with E-state index < -0.39 is 18.0 Å². The molecule has 0 rings (SSSR count). The highest BCUT2D eigenvalue weighted by molar-refractivity contribution is 5.66. The number of carbonyl (C=O) groups is 2. The molecule has 4 N–H and O–H groups in total. The predicted octanol–water partition coefficient (Wildman–Crippen LogP) is 17.6. The molecule has 0 saturated carbocycles. The van der Waals surface area contributed by atoms with Crippen molar-refractivity contribution < 1.29 is 34.8 Å². The molecule has 0 fully saturated rings. The van der Waals surface area contributed by atoms with Crippen LogP contribution in [0.4, 0.5) is 0 Å². The third-order valence-electron chi connectivity index (χ3n) is 11.6. The van der Waals surface area contributed by atoms with Crippen LogP contribution in [0.15, 0.2) is 36.5 Å². The highest BCUT2D eigenvalue weighted by atomic mass is 16.5. The van der Waals surface area contributed by atoms with E-state index in [9.17, 15) is 9.59 Å². The second-order valence-electron chi connectivity index (χ2n) is 18.3. The van der Waals surface area contributed by atoms with Crippen LogP contribution in [-0.4, -0.2) is 58.3 Å². The first-order valence-electron chi connectivity index (χ1n) is 27.6. The van der Waals surface area contributed by atoms with Crippen LogP contribution in [0.5, 0.6) is 0 Å². The second kappa shape index (κ2) is 63.1. The standard InChI is InChI=1S/C21H42O3.2C18H34O2/c1-2-3-4-5-6-7-8-9-10-11-12-13-14-15-16-17-18-24-20-21(23)19-22;2*1-2-3-4-5-6-7-8-9-10-11-12-13-14-15-16-17-18(19)20/h9-10,21-23H,2-8,11-20H2,1H3;2*9-10H,2-8,11-17H2,1H3,(H,19,20)/b3*10-9-. The van der Waals surface area contributed by atoms with Crippen molar-refractivity contribution >= 4 is 11.9 Å². The number of rotatable bonds is 49. The number of hydrogen-bond donors (Lipinski definition) is 4. The molecule has 0 aliphatic carbocycles. The molecule has 0 spiro atoms. The van der Waals surface area contributed by atoms with Crippen LogP contribution in [0, 0.1) is 0 Å². The van der Waals surface area contributed by atoms with Gasteiger partial charge in [-0.2, -0.15) is 0 Å². The van der Waals surface area contributed by atoms with Crippen molar-refractivity contribution in [2.75, 3.05) is 19.8 Å². The molecule has 0 amide bonds. The Bertz CT molecular complexity index is 912. The van der Waals surface area contributed by atoms with Gasteiger partial charge in [0, 0.05) is 19.4 Å². The molecule has 1 unspecified atom stereocenters. The van der Waals surface area contributed by atoms with Gasteiger partial charge in [-0.3, -0.25) is 9.59 Å². The molecule has 7 nitrogen and oxygen atoms in total. The Morgan fingerprint density at radius 3 is 0.859 bits per heavy atom. The molecule has 0 bridgehead atoms. The van der Waals surface area contributed by atoms with Gasteiger partial charge in [0.1, 0.15) is 6.10 Å². The van der Waals surface area contributed by atoms with Crippen LogP contribution in [0.2, 0.25) is 0 Å². The largest absolute Gasteiger partial charge is 0.481 e. The van der Waals surface area contributed by atoms with Gasteiger partial charge in [0.2, 0.25) is 0 Å². The molecule has 0 radical (unpaired) electrons. The predicted molar refractivity (Wildman–Crippen MR) is 278 cm³/mol. The van der Waals surface area contributed by atoms with E-state index >= 15 is 0 Å². The normalized spacial score (nSPS) is 11.9. The summed E-state index contributed by atoms with van der Waals surface area (Å²) in [4.78, 5) is 20.6. The highest BCUT2D eigenvalue weighted by Crippen LogP contribution is 2.13. The Hall–Kier alpha value is -1.96. The highest BCUT2D eigenvalue weighted by Gasteiger charge is 2.01. The lowest BCUT2D eigenvalue weighted by atomic mass is 10.1. The monoisotopic (exact) mass is 907 g/mol. The molecule has 0 saturated heterocycles. The molecule has 0 aromatic carbocycles. The van der Waals surface area contributed by atoms with E-state index in [0.29, 0.717) is 19.4 Å². The number of carboxylic acids is 2. The lowest BCUT2D eigenvalue weighted by Gasteiger charge is -2.07. The molecule has 0 aliphatic heterocycles. The molecule has 0 aromatic heterocycles. The van der Waals surface area contributed by atoms with E-state index in [0.717, 1.165) is 32.1 Å². The minimum atomic E-state index is -0.723. The summed E-state index contributed by atoms with van der Waals surface area (Å²) in [7, 11) is 0. The smallest absolute Gasteiger partial charge is 0.303 e. The van der Waals surface area contributed by atoms with Crippen molar-refractivity contribution in [2.24, 2.45) is 0 Å². The Labute approximate surface area is 398 Å². The van der Waals surface area contributed by atoms with Gasteiger partial charge in [0.25, 0.3) is 0 Å². The van der Waals surface area contributed by atoms with Crippen LogP contribution < -0.4 is 0 Å². The third kappa shape index (κ3) is 71.7. The maximum Gasteiger partial charge on any atom is 0.303 e. The van der Waals surface area contributed by atoms with E-state index in [4.69, 9.17) is 25.2 Å². The molecule has 0 aromatic rings. The lowest BCUT2D eigenvalue weighted by molar-refractivity contribution is -0.138. The number of carboxylic acid groups (broad SMARTS) is 2. The van der Waals surface area contributed by atoms with Gasteiger partial charge in [-0.25, -0.2) is 0 Å². The molecular weight excluding hydrogens is 797 g/mol. The first kappa shape index (κ1) is 66.3. The minimum Gasteiger partial charge on any atom is -0.481 e. The Balaban J connectivity index is -0.000000878. The number of ether oxygens (including phenoxy) is 1. The summed E-state index contributed by atoms with van der Waals surface area (Å²) in [5.41, 5.74) is 0. The number of aliphatic hydroxyl groups excluding tert-OH is 2. The molecule has 7 heteroatoms. The minimum absolute atomic E-state index is 0.215. The number of aliphatic hydroxyl groups is 2. The topological polar surface area (TPSA) is 124 Å². The van der Waals surface area contributed by atoms with Gasteiger partial charge in [-0.05, 0) is 96.3 Å². The van der Waals surface area contributed by atoms with Crippen LogP contribution in [0.1, 0.15) is 290 Å². The summed E-state index contributed by atoms with van der Waals surface area (Å²) < 4.78 is 5.29. The van der Waals surface area contributed by atoms with Crippen LogP contribution in [0.3, 0.4) is 0 Å². The van der Waals surface area contributed by atoms with Crippen molar-refractivity contribution in [3.8, 4) is 0 Å². The van der Waals surface area contributed by atoms with E-state index in [-0.39, 0.29) is 13.2 Å². The van der Waals surface area contributed by atoms with E-state index in [1.807, 2.05) is 0 Å². The van der Waals surface area contributed by atoms with Gasteiger partial charge >= 0.3 is 11.9 Å². The maximum absolute atomic E-state index is 10.3. The third-order valence-corrected chi connectivity index (χ3v) is 11.6.